The van der Waals surface area contributed by atoms with E-state index in [1.807, 2.05) is 105 Å². The monoisotopic (exact) mass is 928 g/mol. The summed E-state index contributed by atoms with van der Waals surface area (Å²) >= 11 is 0. The van der Waals surface area contributed by atoms with Crippen molar-refractivity contribution in [2.24, 2.45) is 29.1 Å². The summed E-state index contributed by atoms with van der Waals surface area (Å²) in [6.07, 6.45) is 5.70. The van der Waals surface area contributed by atoms with Gasteiger partial charge in [0.2, 0.25) is 35.4 Å². The lowest BCUT2D eigenvalue weighted by Gasteiger charge is -2.39. The topological polar surface area (TPSA) is 219 Å². The SMILES string of the molecule is CCC(C)[C@H](NC(=O)[C@@H](C[C@H](O)[C@H](CC(C)C)NC(=O)[C@H](Cc1cnc[nH]1)N(C)C(=O)[C@](C)(Cc1ccccc1)NC(=O)C1CCCN1C(=O)C(C)(C)C)C(C)C)C(=O)NCc1ccccn1. The number of likely N-dealkylation sites (tertiary alicyclic amines) is 1. The van der Waals surface area contributed by atoms with Gasteiger partial charge in [0, 0.05) is 55.9 Å². The third kappa shape index (κ3) is 15.2. The Balaban J connectivity index is 1.60. The van der Waals surface area contributed by atoms with Crippen LogP contribution in [0.3, 0.4) is 0 Å². The zero-order valence-corrected chi connectivity index (χ0v) is 41.6. The number of nitrogens with zero attached hydrogens (tertiary/aromatic N) is 4. The van der Waals surface area contributed by atoms with E-state index in [1.54, 1.807) is 30.3 Å². The molecule has 0 aliphatic carbocycles. The van der Waals surface area contributed by atoms with E-state index in [0.29, 0.717) is 43.6 Å². The van der Waals surface area contributed by atoms with E-state index in [-0.39, 0.29) is 61.3 Å². The number of benzene rings is 1. The highest BCUT2D eigenvalue weighted by atomic mass is 16.3. The lowest BCUT2D eigenvalue weighted by molar-refractivity contribution is -0.149. The highest BCUT2D eigenvalue weighted by molar-refractivity contribution is 5.97. The molecule has 67 heavy (non-hydrogen) atoms. The van der Waals surface area contributed by atoms with Crippen LogP contribution in [0.2, 0.25) is 0 Å². The Morgan fingerprint density at radius 3 is 2.18 bits per heavy atom. The molecule has 0 spiro atoms. The standard InChI is InChI=1S/C51H77N9O7/c1-12-34(6)43(47(65)54-30-36-21-16-17-23-53-36)57-44(62)38(33(4)5)27-42(61)39(25-32(2)3)56-45(63)41(26-37-29-52-31-55-37)59(11)49(67)51(10,28-35-19-14-13-15-20-35)58-46(64)40-22-18-24-60(40)48(66)50(7,8)9/h13-17,19-21,23,29,31-34,38-43,61H,12,18,22,24-28,30H2,1-11H3,(H,52,55)(H,54,65)(H,56,63)(H,57,62)(H,58,64)/t34?,38-,39-,40?,41-,42-,43-,51-/m0/s1. The number of aliphatic hydroxyl groups is 1. The molecule has 1 aliphatic heterocycles. The number of rotatable bonds is 23. The molecule has 368 valence electrons. The number of aromatic nitrogens is 3. The first kappa shape index (κ1) is 54.0. The Morgan fingerprint density at radius 2 is 1.60 bits per heavy atom. The Bertz CT molecular complexity index is 2080. The van der Waals surface area contributed by atoms with Crippen molar-refractivity contribution in [1.82, 2.24) is 46.0 Å². The number of likely N-dealkylation sites (N-methyl/N-ethyl adjacent to an activating group) is 1. The predicted octanol–water partition coefficient (Wildman–Crippen LogP) is 4.73. The molecule has 1 aromatic carbocycles. The third-order valence-electron chi connectivity index (χ3n) is 12.9. The largest absolute Gasteiger partial charge is 0.391 e. The van der Waals surface area contributed by atoms with Crippen LogP contribution < -0.4 is 21.3 Å². The maximum Gasteiger partial charge on any atom is 0.248 e. The van der Waals surface area contributed by atoms with Gasteiger partial charge in [-0.25, -0.2) is 4.98 Å². The number of H-pyrrole nitrogens is 1. The lowest BCUT2D eigenvalue weighted by atomic mass is 9.84. The van der Waals surface area contributed by atoms with Crippen LogP contribution in [0.4, 0.5) is 0 Å². The smallest absolute Gasteiger partial charge is 0.248 e. The second-order valence-corrected chi connectivity index (χ2v) is 20.4. The van der Waals surface area contributed by atoms with E-state index in [2.05, 4.69) is 36.2 Å². The van der Waals surface area contributed by atoms with Gasteiger partial charge < -0.3 is 41.2 Å². The highest BCUT2D eigenvalue weighted by Gasteiger charge is 2.46. The maximum absolute atomic E-state index is 15.1. The molecule has 0 bridgehead atoms. The van der Waals surface area contributed by atoms with Gasteiger partial charge >= 0.3 is 0 Å². The normalized spacial score (nSPS) is 17.6. The molecule has 16 heteroatoms. The number of aromatic amines is 1. The summed E-state index contributed by atoms with van der Waals surface area (Å²) in [4.78, 5) is 99.6. The molecule has 1 aliphatic rings. The molecule has 6 N–H and O–H groups in total. The molecule has 2 aromatic heterocycles. The summed E-state index contributed by atoms with van der Waals surface area (Å²) in [6, 6.07) is 11.1. The highest BCUT2D eigenvalue weighted by Crippen LogP contribution is 2.28. The van der Waals surface area contributed by atoms with E-state index in [1.165, 1.54) is 18.3 Å². The number of carbonyl (C=O) groups excluding carboxylic acids is 6. The van der Waals surface area contributed by atoms with Gasteiger partial charge in [-0.2, -0.15) is 0 Å². The van der Waals surface area contributed by atoms with Gasteiger partial charge in [-0.3, -0.25) is 33.8 Å². The van der Waals surface area contributed by atoms with Crippen molar-refractivity contribution in [3.63, 3.8) is 0 Å². The number of hydrogen-bond acceptors (Lipinski definition) is 9. The molecule has 1 fully saturated rings. The van der Waals surface area contributed by atoms with Gasteiger partial charge in [-0.15, -0.1) is 0 Å². The number of imidazole rings is 1. The molecule has 0 radical (unpaired) electrons. The van der Waals surface area contributed by atoms with Crippen molar-refractivity contribution in [3.05, 3.63) is 84.2 Å². The van der Waals surface area contributed by atoms with Gasteiger partial charge in [-0.1, -0.05) is 105 Å². The molecule has 16 nitrogen and oxygen atoms in total. The van der Waals surface area contributed by atoms with Crippen LogP contribution in [0.15, 0.2) is 67.3 Å². The van der Waals surface area contributed by atoms with Crippen LogP contribution in [0.25, 0.3) is 0 Å². The number of aliphatic hydroxyl groups excluding tert-OH is 1. The summed E-state index contributed by atoms with van der Waals surface area (Å²) in [5, 5.41) is 24.0. The van der Waals surface area contributed by atoms with Gasteiger partial charge in [0.05, 0.1) is 30.7 Å². The minimum Gasteiger partial charge on any atom is -0.391 e. The summed E-state index contributed by atoms with van der Waals surface area (Å²) in [5.74, 6) is -3.54. The first-order valence-corrected chi connectivity index (χ1v) is 23.9. The maximum atomic E-state index is 15.1. The molecule has 3 aromatic rings. The molecule has 3 heterocycles. The second kappa shape index (κ2) is 24.4. The van der Waals surface area contributed by atoms with Crippen LogP contribution in [-0.2, 0) is 48.2 Å². The molecular formula is C51H77N9O7. The molecule has 0 saturated carbocycles. The van der Waals surface area contributed by atoms with Gasteiger partial charge in [0.15, 0.2) is 0 Å². The van der Waals surface area contributed by atoms with Gasteiger partial charge in [0.1, 0.15) is 23.7 Å². The van der Waals surface area contributed by atoms with Crippen molar-refractivity contribution in [1.29, 1.82) is 0 Å². The van der Waals surface area contributed by atoms with Crippen molar-refractivity contribution in [3.8, 4) is 0 Å². The second-order valence-electron chi connectivity index (χ2n) is 20.4. The van der Waals surface area contributed by atoms with E-state index in [9.17, 15) is 29.1 Å². The average Bonchev–Trinajstić information content (AvgIpc) is 4.00. The zero-order valence-electron chi connectivity index (χ0n) is 41.6. The quantitative estimate of drug-likeness (QED) is 0.0774. The van der Waals surface area contributed by atoms with E-state index >= 15 is 4.79 Å². The van der Waals surface area contributed by atoms with E-state index in [0.717, 1.165) is 5.56 Å². The lowest BCUT2D eigenvalue weighted by Crippen LogP contribution is -2.64. The third-order valence-corrected chi connectivity index (χ3v) is 12.9. The minimum atomic E-state index is -1.56. The summed E-state index contributed by atoms with van der Waals surface area (Å²) in [6.45, 7) is 19.3. The van der Waals surface area contributed by atoms with Crippen LogP contribution >= 0.6 is 0 Å². The fraction of sp³-hybridized carbons (Fsp3) is 0.608. The molecule has 2 unspecified atom stereocenters. The number of nitrogens with one attached hydrogen (secondary N) is 5. The zero-order chi connectivity index (χ0) is 49.6. The Labute approximate surface area is 397 Å². The molecule has 6 amide bonds. The first-order chi connectivity index (χ1) is 31.6. The number of hydrogen-bond donors (Lipinski definition) is 6. The van der Waals surface area contributed by atoms with Crippen molar-refractivity contribution in [2.75, 3.05) is 13.6 Å². The molecule has 1 saturated heterocycles. The van der Waals surface area contributed by atoms with Crippen LogP contribution in [0.1, 0.15) is 118 Å². The molecular weight excluding hydrogens is 851 g/mol. The van der Waals surface area contributed by atoms with Crippen LogP contribution in [0.5, 0.6) is 0 Å². The fourth-order valence-electron chi connectivity index (χ4n) is 8.74. The Kier molecular flexibility index (Phi) is 19.7. The molecule has 4 rings (SSSR count). The van der Waals surface area contributed by atoms with E-state index < -0.39 is 64.9 Å². The number of pyridine rings is 1. The fourth-order valence-corrected chi connectivity index (χ4v) is 8.74. The van der Waals surface area contributed by atoms with Crippen molar-refractivity contribution in [2.45, 2.75) is 157 Å². The van der Waals surface area contributed by atoms with Gasteiger partial charge in [0.25, 0.3) is 0 Å². The number of carbonyl (C=O) groups is 6. The van der Waals surface area contributed by atoms with Crippen molar-refractivity contribution < 1.29 is 33.9 Å². The molecule has 8 atom stereocenters. The number of amides is 6. The summed E-state index contributed by atoms with van der Waals surface area (Å²) in [7, 11) is 1.52. The van der Waals surface area contributed by atoms with Crippen LogP contribution in [0, 0.1) is 29.1 Å². The first-order valence-electron chi connectivity index (χ1n) is 23.9. The summed E-state index contributed by atoms with van der Waals surface area (Å²) < 4.78 is 0. The average molecular weight is 928 g/mol. The van der Waals surface area contributed by atoms with E-state index in [4.69, 9.17) is 0 Å². The predicted molar refractivity (Wildman–Crippen MR) is 258 cm³/mol. The van der Waals surface area contributed by atoms with Crippen molar-refractivity contribution >= 4 is 35.4 Å². The van der Waals surface area contributed by atoms with Crippen LogP contribution in [-0.4, -0.2) is 115 Å². The summed E-state index contributed by atoms with van der Waals surface area (Å²) in [5.41, 5.74) is -0.231. The van der Waals surface area contributed by atoms with Gasteiger partial charge in [-0.05, 0) is 68.1 Å². The Hall–Kier alpha value is -5.64. The minimum absolute atomic E-state index is 0.0129. The Morgan fingerprint density at radius 1 is 0.910 bits per heavy atom.